The van der Waals surface area contributed by atoms with Crippen molar-refractivity contribution in [2.75, 3.05) is 11.4 Å². The van der Waals surface area contributed by atoms with Crippen molar-refractivity contribution in [3.05, 3.63) is 23.8 Å². The van der Waals surface area contributed by atoms with Crippen LogP contribution in [-0.2, 0) is 4.79 Å². The van der Waals surface area contributed by atoms with Gasteiger partial charge in [-0.25, -0.2) is 0 Å². The molecule has 1 amide bonds. The van der Waals surface area contributed by atoms with Crippen LogP contribution in [0.15, 0.2) is 18.2 Å². The maximum Gasteiger partial charge on any atom is 0.224 e. The normalized spacial score (nSPS) is 21.3. The Morgan fingerprint density at radius 2 is 2.26 bits per heavy atom. The molecule has 0 saturated heterocycles. The van der Waals surface area contributed by atoms with E-state index in [4.69, 9.17) is 10.5 Å². The number of aliphatic hydroxyl groups excluding tert-OH is 1. The van der Waals surface area contributed by atoms with Gasteiger partial charge in [0.1, 0.15) is 11.9 Å². The van der Waals surface area contributed by atoms with E-state index < -0.39 is 6.10 Å². The highest BCUT2D eigenvalue weighted by Gasteiger charge is 2.27. The number of benzene rings is 1. The van der Waals surface area contributed by atoms with Gasteiger partial charge in [0.05, 0.1) is 18.3 Å². The van der Waals surface area contributed by atoms with Gasteiger partial charge in [0, 0.05) is 13.0 Å². The van der Waals surface area contributed by atoms with Crippen LogP contribution in [0.25, 0.3) is 0 Å². The van der Waals surface area contributed by atoms with E-state index in [-0.39, 0.29) is 18.1 Å². The monoisotopic (exact) mass is 264 g/mol. The van der Waals surface area contributed by atoms with E-state index in [0.717, 1.165) is 0 Å². The molecule has 3 N–H and O–H groups in total. The van der Waals surface area contributed by atoms with Crippen LogP contribution >= 0.6 is 0 Å². The molecule has 5 heteroatoms. The number of aliphatic hydroxyl groups is 1. The first-order valence-electron chi connectivity index (χ1n) is 6.42. The zero-order chi connectivity index (χ0) is 14.2. The van der Waals surface area contributed by atoms with Gasteiger partial charge in [0.15, 0.2) is 0 Å². The molecule has 3 atom stereocenters. The molecular formula is C14H20N2O3. The van der Waals surface area contributed by atoms with Crippen molar-refractivity contribution >= 4 is 11.6 Å². The first-order valence-corrected chi connectivity index (χ1v) is 6.42. The predicted molar refractivity (Wildman–Crippen MR) is 73.2 cm³/mol. The Hall–Kier alpha value is -1.59. The molecule has 1 aromatic rings. The van der Waals surface area contributed by atoms with Crippen LogP contribution in [0.5, 0.6) is 5.75 Å². The van der Waals surface area contributed by atoms with Gasteiger partial charge in [-0.05, 0) is 31.5 Å². The van der Waals surface area contributed by atoms with Gasteiger partial charge in [-0.1, -0.05) is 6.07 Å². The molecule has 2 rings (SSSR count). The molecule has 19 heavy (non-hydrogen) atoms. The largest absolute Gasteiger partial charge is 0.487 e. The minimum Gasteiger partial charge on any atom is -0.487 e. The minimum absolute atomic E-state index is 0.0381. The van der Waals surface area contributed by atoms with Crippen molar-refractivity contribution in [1.29, 1.82) is 0 Å². The molecule has 0 aliphatic carbocycles. The molecule has 0 spiro atoms. The number of amides is 1. The fraction of sp³-hybridized carbons (Fsp3) is 0.500. The molecule has 0 aromatic heterocycles. The summed E-state index contributed by atoms with van der Waals surface area (Å²) in [6.07, 6.45) is -0.793. The van der Waals surface area contributed by atoms with Crippen LogP contribution in [0.3, 0.4) is 0 Å². The van der Waals surface area contributed by atoms with Crippen molar-refractivity contribution < 1.29 is 14.6 Å². The number of hydrogen-bond donors (Lipinski definition) is 2. The summed E-state index contributed by atoms with van der Waals surface area (Å²) >= 11 is 0. The quantitative estimate of drug-likeness (QED) is 0.841. The molecule has 104 valence electrons. The Bertz CT molecular complexity index is 488. The first-order chi connectivity index (χ1) is 8.90. The van der Waals surface area contributed by atoms with E-state index in [9.17, 15) is 9.90 Å². The molecule has 1 aliphatic heterocycles. The lowest BCUT2D eigenvalue weighted by molar-refractivity contribution is -0.117. The van der Waals surface area contributed by atoms with Gasteiger partial charge < -0.3 is 20.5 Å². The van der Waals surface area contributed by atoms with E-state index in [1.807, 2.05) is 6.92 Å². The average molecular weight is 264 g/mol. The first kappa shape index (κ1) is 13.8. The van der Waals surface area contributed by atoms with Crippen molar-refractivity contribution in [3.8, 4) is 5.75 Å². The molecule has 3 unspecified atom stereocenters. The summed E-state index contributed by atoms with van der Waals surface area (Å²) in [7, 11) is 0. The van der Waals surface area contributed by atoms with Crippen LogP contribution in [0, 0.1) is 0 Å². The van der Waals surface area contributed by atoms with Crippen molar-refractivity contribution in [3.63, 3.8) is 0 Å². The number of carbonyl (C=O) groups excluding carboxylic acids is 1. The minimum atomic E-state index is -0.751. The van der Waals surface area contributed by atoms with Crippen molar-refractivity contribution in [2.24, 2.45) is 5.73 Å². The van der Waals surface area contributed by atoms with E-state index in [2.05, 4.69) is 0 Å². The second-order valence-electron chi connectivity index (χ2n) is 5.09. The lowest BCUT2D eigenvalue weighted by Crippen LogP contribution is -2.41. The lowest BCUT2D eigenvalue weighted by atomic mass is 10.0. The molecule has 0 fully saturated rings. The summed E-state index contributed by atoms with van der Waals surface area (Å²) in [6, 6.07) is 4.97. The summed E-state index contributed by atoms with van der Waals surface area (Å²) in [5.41, 5.74) is 7.09. The van der Waals surface area contributed by atoms with E-state index in [1.165, 1.54) is 6.92 Å². The molecule has 5 nitrogen and oxygen atoms in total. The Kier molecular flexibility index (Phi) is 3.78. The highest BCUT2D eigenvalue weighted by atomic mass is 16.5. The smallest absolute Gasteiger partial charge is 0.224 e. The van der Waals surface area contributed by atoms with Crippen LogP contribution in [0.1, 0.15) is 32.4 Å². The van der Waals surface area contributed by atoms with Gasteiger partial charge in [0.2, 0.25) is 5.91 Å². The summed E-state index contributed by atoms with van der Waals surface area (Å²) in [5.74, 6) is 0.624. The maximum atomic E-state index is 11.7. The Morgan fingerprint density at radius 3 is 2.84 bits per heavy atom. The molecule has 1 aliphatic rings. The van der Waals surface area contributed by atoms with Crippen molar-refractivity contribution in [1.82, 2.24) is 0 Å². The summed E-state index contributed by atoms with van der Waals surface area (Å²) in [5, 5.41) is 10.0. The summed E-state index contributed by atoms with van der Waals surface area (Å²) in [6.45, 7) is 5.70. The fourth-order valence-corrected chi connectivity index (χ4v) is 2.24. The van der Waals surface area contributed by atoms with Crippen LogP contribution in [-0.4, -0.2) is 29.7 Å². The number of nitrogens with two attached hydrogens (primary N) is 1. The highest BCUT2D eigenvalue weighted by Crippen LogP contribution is 2.36. The Morgan fingerprint density at radius 1 is 1.58 bits per heavy atom. The Balaban J connectivity index is 2.42. The van der Waals surface area contributed by atoms with Gasteiger partial charge in [0.25, 0.3) is 0 Å². The topological polar surface area (TPSA) is 75.8 Å². The predicted octanol–water partition coefficient (Wildman–Crippen LogP) is 1.20. The number of carbonyl (C=O) groups is 1. The zero-order valence-electron chi connectivity index (χ0n) is 11.5. The molecule has 1 aromatic carbocycles. The number of anilines is 1. The van der Waals surface area contributed by atoms with Gasteiger partial charge >= 0.3 is 0 Å². The van der Waals surface area contributed by atoms with E-state index in [0.29, 0.717) is 23.5 Å². The molecular weight excluding hydrogens is 244 g/mol. The summed E-state index contributed by atoms with van der Waals surface area (Å²) < 4.78 is 5.70. The second-order valence-corrected chi connectivity index (χ2v) is 5.09. The highest BCUT2D eigenvalue weighted by molar-refractivity contribution is 5.93. The van der Waals surface area contributed by atoms with E-state index >= 15 is 0 Å². The maximum absolute atomic E-state index is 11.7. The number of ether oxygens (including phenoxy) is 1. The van der Waals surface area contributed by atoms with Crippen LogP contribution in [0.4, 0.5) is 5.69 Å². The third kappa shape index (κ3) is 2.72. The molecule has 0 bridgehead atoms. The SMILES string of the molecule is CC(=O)N1CC(C)Oc2ccc(C(O)C(C)N)cc21. The third-order valence-corrected chi connectivity index (χ3v) is 3.26. The van der Waals surface area contributed by atoms with Crippen LogP contribution in [0.2, 0.25) is 0 Å². The zero-order valence-corrected chi connectivity index (χ0v) is 11.5. The standard InChI is InChI=1S/C14H20N2O3/c1-8-7-16(10(3)17)12-6-11(14(18)9(2)15)4-5-13(12)19-8/h4-6,8-9,14,18H,7,15H2,1-3H3. The fourth-order valence-electron chi connectivity index (χ4n) is 2.24. The third-order valence-electron chi connectivity index (χ3n) is 3.26. The van der Waals surface area contributed by atoms with Gasteiger partial charge in [-0.2, -0.15) is 0 Å². The molecule has 0 radical (unpaired) electrons. The Labute approximate surface area is 113 Å². The van der Waals surface area contributed by atoms with E-state index in [1.54, 1.807) is 30.0 Å². The molecule has 1 heterocycles. The van der Waals surface area contributed by atoms with Gasteiger partial charge in [-0.3, -0.25) is 4.79 Å². The number of fused-ring (bicyclic) bond motifs is 1. The second kappa shape index (κ2) is 5.19. The number of rotatable bonds is 2. The van der Waals surface area contributed by atoms with Crippen molar-refractivity contribution in [2.45, 2.75) is 39.0 Å². The number of nitrogens with zero attached hydrogens (tertiary/aromatic N) is 1. The van der Waals surface area contributed by atoms with Gasteiger partial charge in [-0.15, -0.1) is 0 Å². The average Bonchev–Trinajstić information content (AvgIpc) is 2.36. The lowest BCUT2D eigenvalue weighted by Gasteiger charge is -2.33. The van der Waals surface area contributed by atoms with Crippen LogP contribution < -0.4 is 15.4 Å². The summed E-state index contributed by atoms with van der Waals surface area (Å²) in [4.78, 5) is 13.4. The number of hydrogen-bond acceptors (Lipinski definition) is 4. The molecule has 0 saturated carbocycles.